The maximum absolute atomic E-state index is 12.8. The topological polar surface area (TPSA) is 72.9 Å². The Morgan fingerprint density at radius 1 is 1.57 bits per heavy atom. The molecule has 1 aliphatic heterocycles. The lowest BCUT2D eigenvalue weighted by atomic mass is 9.70. The molecule has 1 saturated heterocycles. The summed E-state index contributed by atoms with van der Waals surface area (Å²) < 4.78 is 7.03. The van der Waals surface area contributed by atoms with Crippen LogP contribution in [0, 0.1) is 5.92 Å². The van der Waals surface area contributed by atoms with Crippen LogP contribution in [0.2, 0.25) is 0 Å². The van der Waals surface area contributed by atoms with Crippen molar-refractivity contribution in [1.29, 1.82) is 0 Å². The van der Waals surface area contributed by atoms with Crippen molar-refractivity contribution in [3.8, 4) is 5.75 Å². The summed E-state index contributed by atoms with van der Waals surface area (Å²) in [6, 6.07) is 3.68. The third-order valence-corrected chi connectivity index (χ3v) is 4.94. The van der Waals surface area contributed by atoms with Crippen LogP contribution in [0.4, 0.5) is 0 Å². The van der Waals surface area contributed by atoms with Crippen molar-refractivity contribution in [2.45, 2.75) is 18.4 Å². The molecule has 2 atom stereocenters. The van der Waals surface area contributed by atoms with Gasteiger partial charge in [0, 0.05) is 24.8 Å². The van der Waals surface area contributed by atoms with Gasteiger partial charge in [-0.3, -0.25) is 4.79 Å². The van der Waals surface area contributed by atoms with E-state index >= 15 is 0 Å². The van der Waals surface area contributed by atoms with E-state index in [1.54, 1.807) is 17.8 Å². The molecule has 6 heteroatoms. The van der Waals surface area contributed by atoms with E-state index < -0.39 is 0 Å². The summed E-state index contributed by atoms with van der Waals surface area (Å²) in [4.78, 5) is 14.7. The molecule has 2 N–H and O–H groups in total. The van der Waals surface area contributed by atoms with Crippen LogP contribution in [-0.4, -0.2) is 46.2 Å². The fourth-order valence-electron chi connectivity index (χ4n) is 3.54. The number of aromatic nitrogens is 2. The van der Waals surface area contributed by atoms with Gasteiger partial charge in [0.05, 0.1) is 18.9 Å². The van der Waals surface area contributed by atoms with Gasteiger partial charge in [-0.05, 0) is 30.9 Å². The molecular formula is C15H18N4O2. The Morgan fingerprint density at radius 3 is 3.05 bits per heavy atom. The molecule has 0 bridgehead atoms. The van der Waals surface area contributed by atoms with E-state index in [4.69, 9.17) is 10.5 Å². The first-order chi connectivity index (χ1) is 10.1. The van der Waals surface area contributed by atoms with Crippen LogP contribution < -0.4 is 10.5 Å². The van der Waals surface area contributed by atoms with Crippen LogP contribution in [0.5, 0.6) is 5.75 Å². The lowest BCUT2D eigenvalue weighted by Gasteiger charge is -2.39. The number of hydrogen-bond donors (Lipinski definition) is 1. The molecule has 0 radical (unpaired) electrons. The highest BCUT2D eigenvalue weighted by molar-refractivity contribution is 6.02. The molecule has 6 nitrogen and oxygen atoms in total. The number of hydrogen-bond acceptors (Lipinski definition) is 4. The summed E-state index contributed by atoms with van der Waals surface area (Å²) in [5, 5.41) is 4.25. The average Bonchev–Trinajstić information content (AvgIpc) is 3.01. The number of likely N-dealkylation sites (tertiary alicyclic amines) is 1. The number of carbonyl (C=O) groups is 1. The Balaban J connectivity index is 1.72. The van der Waals surface area contributed by atoms with Gasteiger partial charge in [0.2, 0.25) is 0 Å². The number of pyridine rings is 1. The summed E-state index contributed by atoms with van der Waals surface area (Å²) in [7, 11) is 1.60. The van der Waals surface area contributed by atoms with Crippen LogP contribution in [-0.2, 0) is 0 Å². The molecule has 2 fully saturated rings. The summed E-state index contributed by atoms with van der Waals surface area (Å²) in [5.74, 6) is 1.10. The number of carbonyl (C=O) groups excluding carboxylic acids is 1. The number of nitrogens with zero attached hydrogens (tertiary/aromatic N) is 3. The Morgan fingerprint density at radius 2 is 2.43 bits per heavy atom. The third-order valence-electron chi connectivity index (χ3n) is 4.94. The van der Waals surface area contributed by atoms with Gasteiger partial charge in [-0.15, -0.1) is 0 Å². The number of nitrogens with two attached hydrogens (primary N) is 1. The minimum absolute atomic E-state index is 0.00581. The van der Waals surface area contributed by atoms with Gasteiger partial charge < -0.3 is 15.4 Å². The van der Waals surface area contributed by atoms with Crippen LogP contribution in [0.15, 0.2) is 24.5 Å². The number of rotatable bonds is 2. The Hall–Kier alpha value is -2.08. The second-order valence-electron chi connectivity index (χ2n) is 6.08. The predicted molar refractivity (Wildman–Crippen MR) is 77.3 cm³/mol. The van der Waals surface area contributed by atoms with Crippen molar-refractivity contribution >= 4 is 11.4 Å². The van der Waals surface area contributed by atoms with Crippen LogP contribution >= 0.6 is 0 Å². The maximum atomic E-state index is 12.8. The van der Waals surface area contributed by atoms with E-state index in [0.717, 1.165) is 24.9 Å². The molecule has 0 aromatic carbocycles. The van der Waals surface area contributed by atoms with Crippen molar-refractivity contribution in [3.63, 3.8) is 0 Å². The predicted octanol–water partition coefficient (Wildman–Crippen LogP) is 0.906. The number of ether oxygens (including phenoxy) is 1. The number of methoxy groups -OCH3 is 1. The molecule has 1 amide bonds. The molecule has 2 aliphatic rings. The van der Waals surface area contributed by atoms with E-state index in [2.05, 4.69) is 5.10 Å². The molecular weight excluding hydrogens is 268 g/mol. The molecule has 110 valence electrons. The fraction of sp³-hybridized carbons (Fsp3) is 0.467. The van der Waals surface area contributed by atoms with Gasteiger partial charge in [0.1, 0.15) is 11.3 Å². The molecule has 1 saturated carbocycles. The van der Waals surface area contributed by atoms with Gasteiger partial charge in [0.25, 0.3) is 5.91 Å². The number of amides is 1. The van der Waals surface area contributed by atoms with E-state index in [1.165, 1.54) is 0 Å². The third kappa shape index (κ3) is 1.68. The quantitative estimate of drug-likeness (QED) is 0.890. The summed E-state index contributed by atoms with van der Waals surface area (Å²) in [6.45, 7) is 1.39. The molecule has 2 aromatic rings. The Labute approximate surface area is 122 Å². The minimum Gasteiger partial charge on any atom is -0.494 e. The lowest BCUT2D eigenvalue weighted by Crippen LogP contribution is -2.54. The van der Waals surface area contributed by atoms with E-state index in [-0.39, 0.29) is 11.4 Å². The van der Waals surface area contributed by atoms with Gasteiger partial charge in [-0.25, -0.2) is 4.52 Å². The first kappa shape index (κ1) is 12.6. The van der Waals surface area contributed by atoms with E-state index in [9.17, 15) is 4.79 Å². The van der Waals surface area contributed by atoms with Gasteiger partial charge in [-0.2, -0.15) is 5.10 Å². The fourth-order valence-corrected chi connectivity index (χ4v) is 3.54. The standard InChI is InChI=1S/C15H18N4O2/c1-21-12-3-2-6-19-13(12)11(7-17-19)14(20)18-8-10-4-5-15(10,16)9-18/h2-3,6-7,10H,4-5,8-9,16H2,1H3/t10-,15-/m0/s1. The Kier molecular flexibility index (Phi) is 2.53. The zero-order valence-electron chi connectivity index (χ0n) is 12.0. The monoisotopic (exact) mass is 286 g/mol. The second kappa shape index (κ2) is 4.21. The smallest absolute Gasteiger partial charge is 0.257 e. The van der Waals surface area contributed by atoms with Crippen LogP contribution in [0.1, 0.15) is 23.2 Å². The van der Waals surface area contributed by atoms with Crippen LogP contribution in [0.25, 0.3) is 5.52 Å². The van der Waals surface area contributed by atoms with Crippen molar-refractivity contribution in [3.05, 3.63) is 30.1 Å². The molecule has 0 spiro atoms. The van der Waals surface area contributed by atoms with Gasteiger partial charge in [-0.1, -0.05) is 0 Å². The summed E-state index contributed by atoms with van der Waals surface area (Å²) in [5.41, 5.74) is 7.45. The van der Waals surface area contributed by atoms with E-state index in [0.29, 0.717) is 23.8 Å². The first-order valence-corrected chi connectivity index (χ1v) is 7.21. The molecule has 4 rings (SSSR count). The largest absolute Gasteiger partial charge is 0.494 e. The second-order valence-corrected chi connectivity index (χ2v) is 6.08. The summed E-state index contributed by atoms with van der Waals surface area (Å²) in [6.07, 6.45) is 5.56. The minimum atomic E-state index is -0.164. The summed E-state index contributed by atoms with van der Waals surface area (Å²) >= 11 is 0. The maximum Gasteiger partial charge on any atom is 0.257 e. The molecule has 1 aliphatic carbocycles. The van der Waals surface area contributed by atoms with Crippen molar-refractivity contribution in [1.82, 2.24) is 14.5 Å². The highest BCUT2D eigenvalue weighted by Crippen LogP contribution is 2.43. The average molecular weight is 286 g/mol. The molecule has 0 unspecified atom stereocenters. The number of fused-ring (bicyclic) bond motifs is 2. The highest BCUT2D eigenvalue weighted by Gasteiger charge is 2.51. The van der Waals surface area contributed by atoms with E-state index in [1.807, 2.05) is 23.2 Å². The van der Waals surface area contributed by atoms with Gasteiger partial charge in [0.15, 0.2) is 0 Å². The van der Waals surface area contributed by atoms with Crippen LogP contribution in [0.3, 0.4) is 0 Å². The van der Waals surface area contributed by atoms with Crippen molar-refractivity contribution < 1.29 is 9.53 Å². The molecule has 21 heavy (non-hydrogen) atoms. The lowest BCUT2D eigenvalue weighted by molar-refractivity contribution is 0.0786. The molecule has 2 aromatic heterocycles. The molecule has 3 heterocycles. The normalized spacial score (nSPS) is 27.5. The van der Waals surface area contributed by atoms with Crippen molar-refractivity contribution in [2.75, 3.05) is 20.2 Å². The zero-order valence-corrected chi connectivity index (χ0v) is 12.0. The SMILES string of the molecule is COc1cccn2ncc(C(=O)N3C[C@@H]4CC[C@]4(N)C3)c12. The van der Waals surface area contributed by atoms with Gasteiger partial charge >= 0.3 is 0 Å². The van der Waals surface area contributed by atoms with Crippen molar-refractivity contribution in [2.24, 2.45) is 11.7 Å². The zero-order chi connectivity index (χ0) is 14.6. The first-order valence-electron chi connectivity index (χ1n) is 7.21. The highest BCUT2D eigenvalue weighted by atomic mass is 16.5. The Bertz CT molecular complexity index is 726.